The van der Waals surface area contributed by atoms with E-state index in [2.05, 4.69) is 10.2 Å². The summed E-state index contributed by atoms with van der Waals surface area (Å²) in [7, 11) is 1.83. The maximum atomic E-state index is 5.38. The Balaban J connectivity index is 1.53. The van der Waals surface area contributed by atoms with Crippen molar-refractivity contribution in [1.29, 1.82) is 0 Å². The monoisotopic (exact) mass is 242 g/mol. The molecule has 2 fully saturated rings. The molecule has 0 aliphatic carbocycles. The van der Waals surface area contributed by atoms with Crippen LogP contribution < -0.4 is 5.32 Å². The summed E-state index contributed by atoms with van der Waals surface area (Å²) >= 11 is 0. The predicted molar refractivity (Wildman–Crippen MR) is 68.3 cm³/mol. The molecule has 1 N–H and O–H groups in total. The van der Waals surface area contributed by atoms with Crippen LogP contribution in [0.15, 0.2) is 0 Å². The minimum atomic E-state index is 0.495. The van der Waals surface area contributed by atoms with Gasteiger partial charge >= 0.3 is 0 Å². The SMILES string of the molecule is COC1CCN(CCNC2CCOCC2)CC1. The van der Waals surface area contributed by atoms with E-state index in [0.29, 0.717) is 12.1 Å². The van der Waals surface area contributed by atoms with Gasteiger partial charge in [-0.1, -0.05) is 0 Å². The highest BCUT2D eigenvalue weighted by Gasteiger charge is 2.18. The number of nitrogens with zero attached hydrogens (tertiary/aromatic N) is 1. The van der Waals surface area contributed by atoms with Crippen LogP contribution in [0.2, 0.25) is 0 Å². The molecule has 0 aromatic rings. The fraction of sp³-hybridized carbons (Fsp3) is 1.00. The Bertz CT molecular complexity index is 200. The van der Waals surface area contributed by atoms with Crippen LogP contribution in [0.5, 0.6) is 0 Å². The van der Waals surface area contributed by atoms with Crippen LogP contribution >= 0.6 is 0 Å². The second-order valence-electron chi connectivity index (χ2n) is 5.12. The van der Waals surface area contributed by atoms with E-state index in [1.54, 1.807) is 0 Å². The van der Waals surface area contributed by atoms with Crippen LogP contribution in [0, 0.1) is 0 Å². The third-order valence-electron chi connectivity index (χ3n) is 3.95. The zero-order valence-corrected chi connectivity index (χ0v) is 11.0. The highest BCUT2D eigenvalue weighted by Crippen LogP contribution is 2.12. The van der Waals surface area contributed by atoms with Gasteiger partial charge in [0.2, 0.25) is 0 Å². The van der Waals surface area contributed by atoms with E-state index in [9.17, 15) is 0 Å². The third kappa shape index (κ3) is 4.54. The molecule has 4 heteroatoms. The molecule has 0 spiro atoms. The molecular weight excluding hydrogens is 216 g/mol. The first-order chi connectivity index (χ1) is 8.38. The minimum Gasteiger partial charge on any atom is -0.381 e. The maximum absolute atomic E-state index is 5.38. The number of piperidine rings is 1. The molecule has 17 heavy (non-hydrogen) atoms. The van der Waals surface area contributed by atoms with Gasteiger partial charge in [0.15, 0.2) is 0 Å². The highest BCUT2D eigenvalue weighted by molar-refractivity contribution is 4.75. The first kappa shape index (κ1) is 13.3. The molecule has 0 aromatic carbocycles. The molecule has 0 amide bonds. The summed E-state index contributed by atoms with van der Waals surface area (Å²) in [6, 6.07) is 0.681. The Hall–Kier alpha value is -0.160. The van der Waals surface area contributed by atoms with Crippen LogP contribution in [-0.4, -0.2) is 63.5 Å². The fourth-order valence-electron chi connectivity index (χ4n) is 2.70. The molecule has 2 rings (SSSR count). The van der Waals surface area contributed by atoms with Crippen LogP contribution in [0.4, 0.5) is 0 Å². The number of ether oxygens (including phenoxy) is 2. The predicted octanol–water partition coefficient (Wildman–Crippen LogP) is 0.866. The Morgan fingerprint density at radius 1 is 1.18 bits per heavy atom. The summed E-state index contributed by atoms with van der Waals surface area (Å²) in [5.74, 6) is 0. The van der Waals surface area contributed by atoms with Crippen molar-refractivity contribution >= 4 is 0 Å². The Labute approximate surface area is 105 Å². The van der Waals surface area contributed by atoms with Crippen molar-refractivity contribution in [2.24, 2.45) is 0 Å². The molecule has 2 saturated heterocycles. The first-order valence-electron chi connectivity index (χ1n) is 6.95. The summed E-state index contributed by atoms with van der Waals surface area (Å²) in [5.41, 5.74) is 0. The average Bonchev–Trinajstić information content (AvgIpc) is 2.41. The Morgan fingerprint density at radius 2 is 1.88 bits per heavy atom. The number of methoxy groups -OCH3 is 1. The highest BCUT2D eigenvalue weighted by atomic mass is 16.5. The summed E-state index contributed by atoms with van der Waals surface area (Å²) in [4.78, 5) is 2.54. The second kappa shape index (κ2) is 7.31. The number of nitrogens with one attached hydrogen (secondary N) is 1. The van der Waals surface area contributed by atoms with Gasteiger partial charge in [-0.3, -0.25) is 0 Å². The topological polar surface area (TPSA) is 33.7 Å². The standard InChI is InChI=1S/C13H26N2O2/c1-16-13-2-7-15(8-3-13)9-6-14-12-4-10-17-11-5-12/h12-14H,2-11H2,1H3. The number of hydrogen-bond acceptors (Lipinski definition) is 4. The van der Waals surface area contributed by atoms with Gasteiger partial charge in [0.05, 0.1) is 6.10 Å². The van der Waals surface area contributed by atoms with Crippen molar-refractivity contribution in [2.75, 3.05) is 46.5 Å². The second-order valence-corrected chi connectivity index (χ2v) is 5.12. The lowest BCUT2D eigenvalue weighted by Gasteiger charge is -2.32. The lowest BCUT2D eigenvalue weighted by atomic mass is 10.1. The van der Waals surface area contributed by atoms with Gasteiger partial charge in [-0.25, -0.2) is 0 Å². The maximum Gasteiger partial charge on any atom is 0.0595 e. The fourth-order valence-corrected chi connectivity index (χ4v) is 2.70. The van der Waals surface area contributed by atoms with Gasteiger partial charge in [-0.2, -0.15) is 0 Å². The Kier molecular flexibility index (Phi) is 5.71. The number of likely N-dealkylation sites (tertiary alicyclic amines) is 1. The zero-order valence-electron chi connectivity index (χ0n) is 11.0. The van der Waals surface area contributed by atoms with E-state index in [-0.39, 0.29) is 0 Å². The first-order valence-corrected chi connectivity index (χ1v) is 6.95. The molecular formula is C13H26N2O2. The van der Waals surface area contributed by atoms with Gasteiger partial charge in [0.25, 0.3) is 0 Å². The smallest absolute Gasteiger partial charge is 0.0595 e. The molecule has 2 aliphatic heterocycles. The molecule has 0 atom stereocenters. The molecule has 0 unspecified atom stereocenters. The number of rotatable bonds is 5. The van der Waals surface area contributed by atoms with Crippen molar-refractivity contribution in [1.82, 2.24) is 10.2 Å². The third-order valence-corrected chi connectivity index (χ3v) is 3.95. The van der Waals surface area contributed by atoms with E-state index >= 15 is 0 Å². The minimum absolute atomic E-state index is 0.495. The van der Waals surface area contributed by atoms with Crippen LogP contribution in [-0.2, 0) is 9.47 Å². The van der Waals surface area contributed by atoms with Crippen molar-refractivity contribution in [3.8, 4) is 0 Å². The summed E-state index contributed by atoms with van der Waals surface area (Å²) < 4.78 is 10.7. The zero-order chi connectivity index (χ0) is 11.9. The van der Waals surface area contributed by atoms with E-state index in [4.69, 9.17) is 9.47 Å². The molecule has 0 saturated carbocycles. The van der Waals surface area contributed by atoms with Crippen molar-refractivity contribution in [3.63, 3.8) is 0 Å². The van der Waals surface area contributed by atoms with Crippen LogP contribution in [0.25, 0.3) is 0 Å². The molecule has 0 radical (unpaired) electrons. The van der Waals surface area contributed by atoms with Gasteiger partial charge in [-0.15, -0.1) is 0 Å². The normalized spacial score (nSPS) is 25.2. The molecule has 0 bridgehead atoms. The Morgan fingerprint density at radius 3 is 2.53 bits per heavy atom. The molecule has 100 valence electrons. The largest absolute Gasteiger partial charge is 0.381 e. The van der Waals surface area contributed by atoms with Gasteiger partial charge in [-0.05, 0) is 25.7 Å². The van der Waals surface area contributed by atoms with Crippen molar-refractivity contribution < 1.29 is 9.47 Å². The summed E-state index contributed by atoms with van der Waals surface area (Å²) in [6.07, 6.45) is 5.22. The van der Waals surface area contributed by atoms with E-state index in [0.717, 1.165) is 19.8 Å². The van der Waals surface area contributed by atoms with Crippen LogP contribution in [0.3, 0.4) is 0 Å². The molecule has 0 aromatic heterocycles. The van der Waals surface area contributed by atoms with E-state index < -0.39 is 0 Å². The van der Waals surface area contributed by atoms with Gasteiger partial charge < -0.3 is 19.7 Å². The molecule has 4 nitrogen and oxygen atoms in total. The van der Waals surface area contributed by atoms with E-state index in [1.807, 2.05) is 7.11 Å². The number of hydrogen-bond donors (Lipinski definition) is 1. The van der Waals surface area contributed by atoms with Gasteiger partial charge in [0.1, 0.15) is 0 Å². The van der Waals surface area contributed by atoms with Gasteiger partial charge in [0, 0.05) is 52.5 Å². The summed E-state index contributed by atoms with van der Waals surface area (Å²) in [5, 5.41) is 3.64. The van der Waals surface area contributed by atoms with Crippen molar-refractivity contribution in [3.05, 3.63) is 0 Å². The van der Waals surface area contributed by atoms with E-state index in [1.165, 1.54) is 45.3 Å². The molecule has 2 aliphatic rings. The average molecular weight is 242 g/mol. The van der Waals surface area contributed by atoms with Crippen LogP contribution in [0.1, 0.15) is 25.7 Å². The quantitative estimate of drug-likeness (QED) is 0.775. The molecule has 2 heterocycles. The summed E-state index contributed by atoms with van der Waals surface area (Å²) in [6.45, 7) is 6.52. The lowest BCUT2D eigenvalue weighted by molar-refractivity contribution is 0.0401. The lowest BCUT2D eigenvalue weighted by Crippen LogP contribution is -2.43. The van der Waals surface area contributed by atoms with Crippen molar-refractivity contribution in [2.45, 2.75) is 37.8 Å².